The van der Waals surface area contributed by atoms with Gasteiger partial charge in [-0.05, 0) is 32.4 Å². The first kappa shape index (κ1) is 13.2. The summed E-state index contributed by atoms with van der Waals surface area (Å²) < 4.78 is 11.2. The van der Waals surface area contributed by atoms with Crippen LogP contribution in [0.5, 0.6) is 11.5 Å². The van der Waals surface area contributed by atoms with E-state index < -0.39 is 0 Å². The van der Waals surface area contributed by atoms with Gasteiger partial charge in [-0.2, -0.15) is 0 Å². The lowest BCUT2D eigenvalue weighted by molar-refractivity contribution is 0.0596. The fraction of sp³-hybridized carbons (Fsp3) is 0.571. The van der Waals surface area contributed by atoms with Crippen molar-refractivity contribution in [2.75, 3.05) is 14.2 Å². The van der Waals surface area contributed by atoms with Crippen LogP contribution in [0.4, 0.5) is 0 Å². The molecule has 0 heterocycles. The normalized spacial score (nSPS) is 23.1. The van der Waals surface area contributed by atoms with Gasteiger partial charge in [-0.1, -0.05) is 6.07 Å². The van der Waals surface area contributed by atoms with Crippen LogP contribution in [-0.2, 0) is 6.54 Å². The van der Waals surface area contributed by atoms with Gasteiger partial charge in [0, 0.05) is 18.2 Å². The molecule has 1 aromatic carbocycles. The molecule has 18 heavy (non-hydrogen) atoms. The predicted molar refractivity (Wildman–Crippen MR) is 70.0 cm³/mol. The van der Waals surface area contributed by atoms with Crippen LogP contribution in [0.2, 0.25) is 0 Å². The molecule has 2 atom stereocenters. The molecule has 0 bridgehead atoms. The molecule has 1 aromatic rings. The van der Waals surface area contributed by atoms with Crippen LogP contribution in [-0.4, -0.2) is 31.5 Å². The zero-order valence-electron chi connectivity index (χ0n) is 11.0. The summed E-state index contributed by atoms with van der Waals surface area (Å²) in [5.74, 6) is 1.58. The number of aliphatic hydroxyl groups excluding tert-OH is 1. The van der Waals surface area contributed by atoms with Gasteiger partial charge >= 0.3 is 0 Å². The van der Waals surface area contributed by atoms with Crippen LogP contribution in [0.25, 0.3) is 0 Å². The summed E-state index contributed by atoms with van der Waals surface area (Å²) in [5, 5.41) is 12.9. The number of hydrogen-bond acceptors (Lipinski definition) is 4. The van der Waals surface area contributed by atoms with E-state index in [4.69, 9.17) is 9.47 Å². The summed E-state index contributed by atoms with van der Waals surface area (Å²) in [6.45, 7) is 0.738. The van der Waals surface area contributed by atoms with Crippen molar-refractivity contribution >= 4 is 0 Å². The standard InChI is InChI=1S/C14H21NO3/c1-15-9-10-6-7-11(17-2)8-14(10)18-13-5-3-4-12(13)16/h6-8,12-13,15-16H,3-5,9H2,1-2H3. The van der Waals surface area contributed by atoms with E-state index >= 15 is 0 Å². The Kier molecular flexibility index (Phi) is 4.44. The molecule has 2 rings (SSSR count). The highest BCUT2D eigenvalue weighted by Gasteiger charge is 2.27. The molecule has 1 aliphatic rings. The SMILES string of the molecule is CNCc1ccc(OC)cc1OC1CCCC1O. The summed E-state index contributed by atoms with van der Waals surface area (Å²) in [4.78, 5) is 0. The Morgan fingerprint density at radius 2 is 2.22 bits per heavy atom. The van der Waals surface area contributed by atoms with E-state index in [-0.39, 0.29) is 12.2 Å². The van der Waals surface area contributed by atoms with Crippen LogP contribution in [0.3, 0.4) is 0 Å². The molecule has 4 nitrogen and oxygen atoms in total. The zero-order valence-corrected chi connectivity index (χ0v) is 11.0. The molecule has 1 fully saturated rings. The summed E-state index contributed by atoms with van der Waals surface area (Å²) >= 11 is 0. The predicted octanol–water partition coefficient (Wildman–Crippen LogP) is 1.71. The first-order valence-corrected chi connectivity index (χ1v) is 6.41. The lowest BCUT2D eigenvalue weighted by atomic mass is 10.1. The Morgan fingerprint density at radius 1 is 1.39 bits per heavy atom. The highest BCUT2D eigenvalue weighted by molar-refractivity contribution is 5.41. The highest BCUT2D eigenvalue weighted by atomic mass is 16.5. The largest absolute Gasteiger partial charge is 0.497 e. The van der Waals surface area contributed by atoms with Gasteiger partial charge in [-0.15, -0.1) is 0 Å². The maximum absolute atomic E-state index is 9.83. The molecule has 0 amide bonds. The van der Waals surface area contributed by atoms with E-state index in [0.29, 0.717) is 0 Å². The van der Waals surface area contributed by atoms with E-state index in [9.17, 15) is 5.11 Å². The van der Waals surface area contributed by atoms with Crippen LogP contribution in [0.15, 0.2) is 18.2 Å². The van der Waals surface area contributed by atoms with Gasteiger partial charge in [-0.25, -0.2) is 0 Å². The molecule has 100 valence electrons. The Labute approximate surface area is 108 Å². The molecule has 0 radical (unpaired) electrons. The number of methoxy groups -OCH3 is 1. The second kappa shape index (κ2) is 6.07. The van der Waals surface area contributed by atoms with Gasteiger partial charge < -0.3 is 19.9 Å². The Hall–Kier alpha value is -1.26. The lowest BCUT2D eigenvalue weighted by Crippen LogP contribution is -2.26. The van der Waals surface area contributed by atoms with E-state index in [2.05, 4.69) is 5.32 Å². The zero-order chi connectivity index (χ0) is 13.0. The van der Waals surface area contributed by atoms with Crippen LogP contribution in [0.1, 0.15) is 24.8 Å². The topological polar surface area (TPSA) is 50.7 Å². The number of hydrogen-bond donors (Lipinski definition) is 2. The van der Waals surface area contributed by atoms with Gasteiger partial charge in [0.15, 0.2) is 0 Å². The molecule has 0 spiro atoms. The molecule has 0 saturated heterocycles. The maximum Gasteiger partial charge on any atom is 0.128 e. The molecular weight excluding hydrogens is 230 g/mol. The Balaban J connectivity index is 2.17. The maximum atomic E-state index is 9.83. The minimum Gasteiger partial charge on any atom is -0.497 e. The van der Waals surface area contributed by atoms with Crippen molar-refractivity contribution < 1.29 is 14.6 Å². The van der Waals surface area contributed by atoms with Crippen molar-refractivity contribution in [3.8, 4) is 11.5 Å². The molecule has 0 aliphatic heterocycles. The Bertz CT molecular complexity index is 395. The van der Waals surface area contributed by atoms with E-state index in [1.165, 1.54) is 0 Å². The first-order chi connectivity index (χ1) is 8.74. The second-order valence-electron chi connectivity index (χ2n) is 4.66. The van der Waals surface area contributed by atoms with Gasteiger partial charge in [0.05, 0.1) is 13.2 Å². The Morgan fingerprint density at radius 3 is 2.83 bits per heavy atom. The van der Waals surface area contributed by atoms with Crippen molar-refractivity contribution in [3.05, 3.63) is 23.8 Å². The van der Waals surface area contributed by atoms with E-state index in [0.717, 1.165) is 42.9 Å². The van der Waals surface area contributed by atoms with Crippen LogP contribution < -0.4 is 14.8 Å². The third kappa shape index (κ3) is 2.94. The third-order valence-electron chi connectivity index (χ3n) is 3.34. The number of aliphatic hydroxyl groups is 1. The minimum atomic E-state index is -0.348. The van der Waals surface area contributed by atoms with E-state index in [1.807, 2.05) is 25.2 Å². The third-order valence-corrected chi connectivity index (χ3v) is 3.34. The van der Waals surface area contributed by atoms with Gasteiger partial charge in [0.1, 0.15) is 17.6 Å². The van der Waals surface area contributed by atoms with Crippen molar-refractivity contribution in [1.29, 1.82) is 0 Å². The summed E-state index contributed by atoms with van der Waals surface area (Å²) in [6, 6.07) is 5.80. The van der Waals surface area contributed by atoms with E-state index in [1.54, 1.807) is 7.11 Å². The fourth-order valence-electron chi connectivity index (χ4n) is 2.32. The molecule has 4 heteroatoms. The summed E-state index contributed by atoms with van der Waals surface area (Å²) in [6.07, 6.45) is 2.33. The molecule has 1 aliphatic carbocycles. The van der Waals surface area contributed by atoms with Crippen LogP contribution in [0, 0.1) is 0 Å². The molecular formula is C14H21NO3. The lowest BCUT2D eigenvalue weighted by Gasteiger charge is -2.20. The fourth-order valence-corrected chi connectivity index (χ4v) is 2.32. The van der Waals surface area contributed by atoms with Gasteiger partial charge in [-0.3, -0.25) is 0 Å². The first-order valence-electron chi connectivity index (χ1n) is 6.41. The van der Waals surface area contributed by atoms with Crippen molar-refractivity contribution in [1.82, 2.24) is 5.32 Å². The number of benzene rings is 1. The summed E-state index contributed by atoms with van der Waals surface area (Å²) in [7, 11) is 3.54. The average molecular weight is 251 g/mol. The molecule has 2 unspecified atom stereocenters. The van der Waals surface area contributed by atoms with Crippen molar-refractivity contribution in [3.63, 3.8) is 0 Å². The van der Waals surface area contributed by atoms with Crippen LogP contribution >= 0.6 is 0 Å². The average Bonchev–Trinajstić information content (AvgIpc) is 2.77. The van der Waals surface area contributed by atoms with Crippen molar-refractivity contribution in [2.24, 2.45) is 0 Å². The van der Waals surface area contributed by atoms with Crippen molar-refractivity contribution in [2.45, 2.75) is 38.0 Å². The monoisotopic (exact) mass is 251 g/mol. The second-order valence-corrected chi connectivity index (χ2v) is 4.66. The number of nitrogens with one attached hydrogen (secondary N) is 1. The number of ether oxygens (including phenoxy) is 2. The molecule has 1 saturated carbocycles. The summed E-state index contributed by atoms with van der Waals surface area (Å²) in [5.41, 5.74) is 1.08. The number of rotatable bonds is 5. The quantitative estimate of drug-likeness (QED) is 0.836. The smallest absolute Gasteiger partial charge is 0.128 e. The molecule has 2 N–H and O–H groups in total. The van der Waals surface area contributed by atoms with Gasteiger partial charge in [0.2, 0.25) is 0 Å². The highest BCUT2D eigenvalue weighted by Crippen LogP contribution is 2.30. The minimum absolute atomic E-state index is 0.0901. The molecule has 0 aromatic heterocycles. The van der Waals surface area contributed by atoms with Gasteiger partial charge in [0.25, 0.3) is 0 Å².